The summed E-state index contributed by atoms with van der Waals surface area (Å²) in [7, 11) is 3.00. The van der Waals surface area contributed by atoms with Gasteiger partial charge in [-0.05, 0) is 43.7 Å². The van der Waals surface area contributed by atoms with Crippen molar-refractivity contribution in [3.05, 3.63) is 53.8 Å². The molecular formula is C22H28IN3O4. The molecule has 3 N–H and O–H groups in total. The number of hydrogen-bond donors (Lipinski definition) is 3. The fourth-order valence-corrected chi connectivity index (χ4v) is 3.02. The second-order valence-electron chi connectivity index (χ2n) is 6.60. The Kier molecular flexibility index (Phi) is 8.64. The van der Waals surface area contributed by atoms with Gasteiger partial charge in [0.1, 0.15) is 11.3 Å². The molecule has 0 aliphatic heterocycles. The third kappa shape index (κ3) is 5.50. The number of hydrogen-bond acceptors (Lipinski definition) is 5. The predicted molar refractivity (Wildman–Crippen MR) is 129 cm³/mol. The summed E-state index contributed by atoms with van der Waals surface area (Å²) >= 11 is 0. The number of ether oxygens (including phenoxy) is 2. The topological polar surface area (TPSA) is 88.3 Å². The fourth-order valence-electron chi connectivity index (χ4n) is 3.02. The molecule has 2 aromatic carbocycles. The van der Waals surface area contributed by atoms with Gasteiger partial charge >= 0.3 is 0 Å². The van der Waals surface area contributed by atoms with E-state index >= 15 is 0 Å². The third-order valence-corrected chi connectivity index (χ3v) is 4.53. The molecular weight excluding hydrogens is 497 g/mol. The van der Waals surface area contributed by atoms with E-state index in [0.29, 0.717) is 24.0 Å². The Balaban J connectivity index is 0.00000320. The molecule has 0 amide bonds. The highest BCUT2D eigenvalue weighted by Gasteiger charge is 2.14. The smallest absolute Gasteiger partial charge is 0.200 e. The molecule has 0 bridgehead atoms. The molecule has 162 valence electrons. The molecule has 30 heavy (non-hydrogen) atoms. The Hall–Kier alpha value is -2.62. The lowest BCUT2D eigenvalue weighted by atomic mass is 10.2. The minimum absolute atomic E-state index is 0. The van der Waals surface area contributed by atoms with E-state index in [0.717, 1.165) is 28.8 Å². The monoisotopic (exact) mass is 525 g/mol. The van der Waals surface area contributed by atoms with Gasteiger partial charge in [-0.1, -0.05) is 18.2 Å². The lowest BCUT2D eigenvalue weighted by Crippen LogP contribution is -2.38. The Morgan fingerprint density at radius 3 is 2.40 bits per heavy atom. The van der Waals surface area contributed by atoms with Crippen molar-refractivity contribution in [3.63, 3.8) is 0 Å². The summed E-state index contributed by atoms with van der Waals surface area (Å²) in [6.45, 7) is 5.14. The lowest BCUT2D eigenvalue weighted by Gasteiger charge is -2.16. The van der Waals surface area contributed by atoms with Crippen LogP contribution < -0.4 is 20.1 Å². The molecule has 3 aromatic rings. The number of nitrogens with one attached hydrogen (secondary N) is 2. The van der Waals surface area contributed by atoms with Crippen LogP contribution in [0.4, 0.5) is 0 Å². The van der Waals surface area contributed by atoms with Crippen molar-refractivity contribution in [2.75, 3.05) is 20.8 Å². The van der Waals surface area contributed by atoms with Gasteiger partial charge in [-0.25, -0.2) is 4.99 Å². The van der Waals surface area contributed by atoms with Crippen molar-refractivity contribution in [1.29, 1.82) is 0 Å². The number of rotatable bonds is 7. The van der Waals surface area contributed by atoms with Gasteiger partial charge in [-0.2, -0.15) is 0 Å². The minimum atomic E-state index is -0.0657. The van der Waals surface area contributed by atoms with E-state index in [1.54, 1.807) is 12.1 Å². The van der Waals surface area contributed by atoms with Crippen LogP contribution in [0.3, 0.4) is 0 Å². The largest absolute Gasteiger partial charge is 0.502 e. The van der Waals surface area contributed by atoms with E-state index in [-0.39, 0.29) is 35.8 Å². The lowest BCUT2D eigenvalue weighted by molar-refractivity contribution is 0.339. The van der Waals surface area contributed by atoms with Gasteiger partial charge in [0.15, 0.2) is 17.5 Å². The molecule has 1 atom stereocenters. The number of aliphatic imine (C=N–C) groups is 1. The number of fused-ring (bicyclic) bond motifs is 1. The van der Waals surface area contributed by atoms with Gasteiger partial charge in [0.05, 0.1) is 26.8 Å². The first-order valence-corrected chi connectivity index (χ1v) is 9.52. The van der Waals surface area contributed by atoms with Gasteiger partial charge in [-0.15, -0.1) is 24.0 Å². The maximum absolute atomic E-state index is 10.1. The number of benzene rings is 2. The van der Waals surface area contributed by atoms with E-state index in [1.165, 1.54) is 14.2 Å². The number of aromatic hydroxyl groups is 1. The number of furan rings is 1. The Labute approximate surface area is 193 Å². The number of nitrogens with zero attached hydrogens (tertiary/aromatic N) is 1. The van der Waals surface area contributed by atoms with Crippen molar-refractivity contribution in [2.24, 2.45) is 4.99 Å². The normalized spacial score (nSPS) is 12.2. The number of halogens is 1. The van der Waals surface area contributed by atoms with Gasteiger partial charge < -0.3 is 29.6 Å². The first kappa shape index (κ1) is 23.7. The molecule has 0 saturated heterocycles. The van der Waals surface area contributed by atoms with Gasteiger partial charge in [0.25, 0.3) is 0 Å². The molecule has 0 aliphatic rings. The summed E-state index contributed by atoms with van der Waals surface area (Å²) in [6, 6.07) is 13.4. The highest BCUT2D eigenvalue weighted by molar-refractivity contribution is 14.0. The van der Waals surface area contributed by atoms with Gasteiger partial charge in [0, 0.05) is 11.9 Å². The molecule has 0 aliphatic carbocycles. The van der Waals surface area contributed by atoms with E-state index in [4.69, 9.17) is 13.9 Å². The van der Waals surface area contributed by atoms with Crippen LogP contribution in [-0.2, 0) is 6.54 Å². The molecule has 8 heteroatoms. The van der Waals surface area contributed by atoms with Gasteiger partial charge in [0.2, 0.25) is 5.75 Å². The van der Waals surface area contributed by atoms with Crippen molar-refractivity contribution in [3.8, 4) is 17.2 Å². The Bertz CT molecular complexity index is 945. The number of para-hydroxylation sites is 1. The van der Waals surface area contributed by atoms with Gasteiger partial charge in [-0.3, -0.25) is 0 Å². The highest BCUT2D eigenvalue weighted by atomic mass is 127. The number of methoxy groups -OCH3 is 2. The standard InChI is InChI=1S/C22H27N3O4.HI/c1-5-23-22(24-13-15-10-19(27-3)21(26)20(11-15)28-4)25-14(2)18-12-16-8-6-7-9-17(16)29-18;/h6-12,14,26H,5,13H2,1-4H3,(H2,23,24,25);1H. The SMILES string of the molecule is CCNC(=NCc1cc(OC)c(O)c(OC)c1)NC(C)c1cc2ccccc2o1.I. The molecule has 3 rings (SSSR count). The second kappa shape index (κ2) is 11.0. The highest BCUT2D eigenvalue weighted by Crippen LogP contribution is 2.37. The Morgan fingerprint density at radius 1 is 1.13 bits per heavy atom. The second-order valence-corrected chi connectivity index (χ2v) is 6.60. The summed E-state index contributed by atoms with van der Waals surface area (Å²) in [5.41, 5.74) is 1.71. The summed E-state index contributed by atoms with van der Waals surface area (Å²) < 4.78 is 16.4. The number of guanidine groups is 1. The van der Waals surface area contributed by atoms with Crippen molar-refractivity contribution >= 4 is 40.9 Å². The van der Waals surface area contributed by atoms with E-state index in [9.17, 15) is 5.11 Å². The molecule has 0 radical (unpaired) electrons. The van der Waals surface area contributed by atoms with Crippen LogP contribution in [0.25, 0.3) is 11.0 Å². The predicted octanol–water partition coefficient (Wildman–Crippen LogP) is 4.59. The molecule has 1 aromatic heterocycles. The van der Waals surface area contributed by atoms with E-state index in [1.807, 2.05) is 44.2 Å². The first-order chi connectivity index (χ1) is 14.0. The number of phenols is 1. The minimum Gasteiger partial charge on any atom is -0.502 e. The summed E-state index contributed by atoms with van der Waals surface area (Å²) in [4.78, 5) is 4.64. The maximum atomic E-state index is 10.1. The number of phenolic OH excluding ortho intramolecular Hbond substituents is 1. The summed E-state index contributed by atoms with van der Waals surface area (Å²) in [6.07, 6.45) is 0. The zero-order chi connectivity index (χ0) is 20.8. The van der Waals surface area contributed by atoms with Crippen LogP contribution in [0.2, 0.25) is 0 Å². The van der Waals surface area contributed by atoms with Crippen LogP contribution in [0, 0.1) is 0 Å². The maximum Gasteiger partial charge on any atom is 0.200 e. The molecule has 1 unspecified atom stereocenters. The van der Waals surface area contributed by atoms with Crippen molar-refractivity contribution < 1.29 is 19.0 Å². The molecule has 0 fully saturated rings. The van der Waals surface area contributed by atoms with E-state index in [2.05, 4.69) is 15.6 Å². The third-order valence-electron chi connectivity index (χ3n) is 4.53. The van der Waals surface area contributed by atoms with Crippen LogP contribution in [-0.4, -0.2) is 31.8 Å². The molecule has 0 spiro atoms. The first-order valence-electron chi connectivity index (χ1n) is 9.52. The Morgan fingerprint density at radius 2 is 1.80 bits per heavy atom. The quantitative estimate of drug-likeness (QED) is 0.238. The van der Waals surface area contributed by atoms with Crippen molar-refractivity contribution in [2.45, 2.75) is 26.4 Å². The average Bonchev–Trinajstić information content (AvgIpc) is 3.17. The van der Waals surface area contributed by atoms with Crippen LogP contribution in [0.15, 0.2) is 51.9 Å². The van der Waals surface area contributed by atoms with E-state index < -0.39 is 0 Å². The van der Waals surface area contributed by atoms with Crippen LogP contribution in [0.5, 0.6) is 17.2 Å². The zero-order valence-corrected chi connectivity index (χ0v) is 19.9. The zero-order valence-electron chi connectivity index (χ0n) is 17.6. The molecule has 7 nitrogen and oxygen atoms in total. The van der Waals surface area contributed by atoms with Crippen LogP contribution in [0.1, 0.15) is 31.2 Å². The molecule has 0 saturated carbocycles. The summed E-state index contributed by atoms with van der Waals surface area (Å²) in [5.74, 6) is 2.17. The average molecular weight is 525 g/mol. The molecule has 1 heterocycles. The fraction of sp³-hybridized carbons (Fsp3) is 0.318. The van der Waals surface area contributed by atoms with Crippen LogP contribution >= 0.6 is 24.0 Å². The van der Waals surface area contributed by atoms with Crippen molar-refractivity contribution in [1.82, 2.24) is 10.6 Å². The summed E-state index contributed by atoms with van der Waals surface area (Å²) in [5, 5.41) is 17.7.